The second kappa shape index (κ2) is 12.4. The third-order valence-corrected chi connectivity index (χ3v) is 6.76. The molecule has 178 valence electrons. The lowest BCUT2D eigenvalue weighted by molar-refractivity contribution is -0.112. The fourth-order valence-electron chi connectivity index (χ4n) is 2.91. The highest BCUT2D eigenvalue weighted by molar-refractivity contribution is 14.1. The zero-order valence-electron chi connectivity index (χ0n) is 18.1. The van der Waals surface area contributed by atoms with E-state index in [-0.39, 0.29) is 12.2 Å². The summed E-state index contributed by atoms with van der Waals surface area (Å²) < 4.78 is 12.0. The Labute approximate surface area is 234 Å². The molecule has 0 fully saturated rings. The smallest absolute Gasteiger partial charge is 0.337 e. The Hall–Kier alpha value is -2.58. The van der Waals surface area contributed by atoms with Gasteiger partial charge in [0.1, 0.15) is 24.0 Å². The number of hydrogen-bond donors (Lipinski definition) is 1. The Balaban J connectivity index is 1.74. The normalized spacial score (nSPS) is 10.9. The van der Waals surface area contributed by atoms with E-state index in [0.717, 1.165) is 9.13 Å². The summed E-state index contributed by atoms with van der Waals surface area (Å²) in [4.78, 5) is 24.2. The minimum absolute atomic E-state index is 0.0887. The molecule has 0 atom stereocenters. The van der Waals surface area contributed by atoms with Gasteiger partial charge < -0.3 is 14.8 Å². The number of ether oxygens (including phenoxy) is 2. The van der Waals surface area contributed by atoms with Crippen LogP contribution in [0.5, 0.6) is 5.75 Å². The number of esters is 1. The SMILES string of the molecule is COC(=O)c1ccc(NC(=O)/C(C#N)=C/c2cc(Br)c(OCc3ccc(Cl)c(Cl)c3)c(I)c2)cc1. The Bertz CT molecular complexity index is 1330. The average Bonchev–Trinajstić information content (AvgIpc) is 2.84. The first-order chi connectivity index (χ1) is 16.7. The zero-order chi connectivity index (χ0) is 25.5. The maximum atomic E-state index is 12.6. The van der Waals surface area contributed by atoms with Crippen molar-refractivity contribution in [3.63, 3.8) is 0 Å². The minimum atomic E-state index is -0.579. The predicted octanol–water partition coefficient (Wildman–Crippen LogP) is 7.27. The number of halogens is 4. The first-order valence-corrected chi connectivity index (χ1v) is 12.5. The minimum Gasteiger partial charge on any atom is -0.487 e. The highest BCUT2D eigenvalue weighted by Crippen LogP contribution is 2.34. The van der Waals surface area contributed by atoms with Crippen molar-refractivity contribution in [3.8, 4) is 11.8 Å². The number of carbonyl (C=O) groups is 2. The van der Waals surface area contributed by atoms with Crippen LogP contribution in [0.15, 0.2) is 64.6 Å². The van der Waals surface area contributed by atoms with E-state index < -0.39 is 11.9 Å². The molecule has 0 aromatic heterocycles. The maximum Gasteiger partial charge on any atom is 0.337 e. The van der Waals surface area contributed by atoms with E-state index in [4.69, 9.17) is 27.9 Å². The number of anilines is 1. The zero-order valence-corrected chi connectivity index (χ0v) is 23.3. The Morgan fingerprint density at radius 3 is 2.43 bits per heavy atom. The molecule has 35 heavy (non-hydrogen) atoms. The second-order valence-electron chi connectivity index (χ2n) is 7.04. The molecule has 10 heteroatoms. The number of hydrogen-bond acceptors (Lipinski definition) is 5. The van der Waals surface area contributed by atoms with Gasteiger partial charge in [0, 0.05) is 5.69 Å². The van der Waals surface area contributed by atoms with Gasteiger partial charge in [-0.25, -0.2) is 4.79 Å². The molecule has 1 N–H and O–H groups in total. The van der Waals surface area contributed by atoms with Crippen LogP contribution in [0.3, 0.4) is 0 Å². The van der Waals surface area contributed by atoms with Gasteiger partial charge in [-0.2, -0.15) is 5.26 Å². The Morgan fingerprint density at radius 2 is 1.83 bits per heavy atom. The molecule has 0 aliphatic heterocycles. The van der Waals surface area contributed by atoms with Gasteiger partial charge in [-0.05, 0) is 104 Å². The van der Waals surface area contributed by atoms with Crippen LogP contribution >= 0.6 is 61.7 Å². The van der Waals surface area contributed by atoms with Crippen molar-refractivity contribution in [1.82, 2.24) is 0 Å². The van der Waals surface area contributed by atoms with Gasteiger partial charge in [0.05, 0.1) is 30.8 Å². The lowest BCUT2D eigenvalue weighted by Crippen LogP contribution is -2.13. The van der Waals surface area contributed by atoms with Gasteiger partial charge in [0.25, 0.3) is 5.91 Å². The lowest BCUT2D eigenvalue weighted by Gasteiger charge is -2.12. The van der Waals surface area contributed by atoms with Crippen molar-refractivity contribution in [2.24, 2.45) is 0 Å². The van der Waals surface area contributed by atoms with Gasteiger partial charge in [-0.15, -0.1) is 0 Å². The van der Waals surface area contributed by atoms with Gasteiger partial charge in [-0.1, -0.05) is 29.3 Å². The number of benzene rings is 3. The molecule has 0 spiro atoms. The van der Waals surface area contributed by atoms with E-state index in [2.05, 4.69) is 48.6 Å². The fraction of sp³-hybridized carbons (Fsp3) is 0.0800. The fourth-order valence-corrected chi connectivity index (χ4v) is 5.00. The van der Waals surface area contributed by atoms with E-state index in [1.165, 1.54) is 25.3 Å². The van der Waals surface area contributed by atoms with E-state index >= 15 is 0 Å². The van der Waals surface area contributed by atoms with Crippen LogP contribution in [0.1, 0.15) is 21.5 Å². The summed E-state index contributed by atoms with van der Waals surface area (Å²) in [5.41, 5.74) is 2.19. The number of rotatable bonds is 7. The van der Waals surface area contributed by atoms with E-state index in [1.807, 2.05) is 12.1 Å². The second-order valence-corrected chi connectivity index (χ2v) is 9.87. The van der Waals surface area contributed by atoms with Crippen LogP contribution in [0, 0.1) is 14.9 Å². The van der Waals surface area contributed by atoms with Crippen molar-refractivity contribution >= 4 is 85.4 Å². The summed E-state index contributed by atoms with van der Waals surface area (Å²) >= 11 is 17.6. The Kier molecular flexibility index (Phi) is 9.57. The molecular formula is C25H16BrCl2IN2O4. The average molecular weight is 686 g/mol. The van der Waals surface area contributed by atoms with Crippen LogP contribution in [0.2, 0.25) is 10.0 Å². The molecule has 0 heterocycles. The van der Waals surface area contributed by atoms with Crippen LogP contribution < -0.4 is 10.1 Å². The van der Waals surface area contributed by atoms with Gasteiger partial charge >= 0.3 is 5.97 Å². The number of nitrogens with zero attached hydrogens (tertiary/aromatic N) is 1. The number of nitriles is 1. The van der Waals surface area contributed by atoms with E-state index in [9.17, 15) is 14.9 Å². The van der Waals surface area contributed by atoms with E-state index in [0.29, 0.717) is 37.1 Å². The highest BCUT2D eigenvalue weighted by atomic mass is 127. The molecule has 3 aromatic rings. The summed E-state index contributed by atoms with van der Waals surface area (Å²) in [6.45, 7) is 0.279. The van der Waals surface area contributed by atoms with Crippen molar-refractivity contribution in [2.75, 3.05) is 12.4 Å². The van der Waals surface area contributed by atoms with Gasteiger partial charge in [0.2, 0.25) is 0 Å². The molecule has 0 unspecified atom stereocenters. The summed E-state index contributed by atoms with van der Waals surface area (Å²) in [5, 5.41) is 13.1. The largest absolute Gasteiger partial charge is 0.487 e. The topological polar surface area (TPSA) is 88.4 Å². The van der Waals surface area contributed by atoms with Gasteiger partial charge in [0.15, 0.2) is 0 Å². The summed E-state index contributed by atoms with van der Waals surface area (Å²) in [5.74, 6) is -0.447. The third-order valence-electron chi connectivity index (χ3n) is 4.63. The number of amides is 1. The van der Waals surface area contributed by atoms with E-state index in [1.54, 1.807) is 36.4 Å². The Morgan fingerprint density at radius 1 is 1.11 bits per heavy atom. The van der Waals surface area contributed by atoms with Crippen molar-refractivity contribution in [2.45, 2.75) is 6.61 Å². The van der Waals surface area contributed by atoms with Crippen LogP contribution in [0.25, 0.3) is 6.08 Å². The first-order valence-electron chi connectivity index (χ1n) is 9.89. The standard InChI is InChI=1S/C25H16BrCl2IN2O4/c1-34-25(33)16-3-5-18(6-4-16)31-24(32)17(12-30)8-15-9-19(26)23(22(29)11-15)35-13-14-2-7-20(27)21(28)10-14/h2-11H,13H2,1H3,(H,31,32)/b17-8+. The summed E-state index contributed by atoms with van der Waals surface area (Å²) in [6.07, 6.45) is 1.48. The molecule has 0 saturated heterocycles. The molecule has 0 radical (unpaired) electrons. The molecule has 1 amide bonds. The quantitative estimate of drug-likeness (QED) is 0.122. The maximum absolute atomic E-state index is 12.6. The monoisotopic (exact) mass is 684 g/mol. The molecule has 0 saturated carbocycles. The van der Waals surface area contributed by atoms with Crippen LogP contribution in [0.4, 0.5) is 5.69 Å². The highest BCUT2D eigenvalue weighted by Gasteiger charge is 2.14. The molecule has 0 aliphatic carbocycles. The molecule has 0 aliphatic rings. The van der Waals surface area contributed by atoms with Gasteiger partial charge in [-0.3, -0.25) is 4.79 Å². The lowest BCUT2D eigenvalue weighted by atomic mass is 10.1. The molecular weight excluding hydrogens is 670 g/mol. The third kappa shape index (κ3) is 7.21. The molecule has 3 aromatic carbocycles. The number of nitrogens with one attached hydrogen (secondary N) is 1. The number of methoxy groups -OCH3 is 1. The van der Waals surface area contributed by atoms with Crippen molar-refractivity contribution in [3.05, 3.63) is 94.9 Å². The van der Waals surface area contributed by atoms with Crippen molar-refractivity contribution in [1.29, 1.82) is 5.26 Å². The molecule has 3 rings (SSSR count). The summed E-state index contributed by atoms with van der Waals surface area (Å²) in [7, 11) is 1.29. The number of carbonyl (C=O) groups excluding carboxylic acids is 2. The molecule has 0 bridgehead atoms. The van der Waals surface area contributed by atoms with Crippen molar-refractivity contribution < 1.29 is 19.1 Å². The van der Waals surface area contributed by atoms with Crippen LogP contribution in [-0.4, -0.2) is 19.0 Å². The van der Waals surface area contributed by atoms with Crippen LogP contribution in [-0.2, 0) is 16.1 Å². The summed E-state index contributed by atoms with van der Waals surface area (Å²) in [6, 6.07) is 16.9. The molecule has 6 nitrogen and oxygen atoms in total. The predicted molar refractivity (Wildman–Crippen MR) is 148 cm³/mol. The first kappa shape index (κ1) is 27.0.